The second-order valence-electron chi connectivity index (χ2n) is 2.58. The molecule has 0 saturated heterocycles. The van der Waals surface area contributed by atoms with Crippen LogP contribution in [0.2, 0.25) is 0 Å². The van der Waals surface area contributed by atoms with Crippen LogP contribution in [0.4, 0.5) is 17.6 Å². The summed E-state index contributed by atoms with van der Waals surface area (Å²) in [6.45, 7) is 0. The molecule has 1 aromatic rings. The third-order valence-corrected chi connectivity index (χ3v) is 1.67. The Labute approximate surface area is 84.7 Å². The molecule has 0 bridgehead atoms. The zero-order valence-electron chi connectivity index (χ0n) is 7.14. The summed E-state index contributed by atoms with van der Waals surface area (Å²) in [5, 5.41) is 20.3. The molecule has 0 saturated carbocycles. The van der Waals surface area contributed by atoms with Crippen molar-refractivity contribution in [2.75, 3.05) is 0 Å². The molecular weight excluding hydrogens is 236 g/mol. The summed E-state index contributed by atoms with van der Waals surface area (Å²) in [7, 11) is 0. The van der Waals surface area contributed by atoms with Crippen LogP contribution in [0.15, 0.2) is 0 Å². The summed E-state index contributed by atoms with van der Waals surface area (Å²) in [5.41, 5.74) is -4.03. The van der Waals surface area contributed by atoms with Crippen molar-refractivity contribution in [3.8, 4) is 0 Å². The van der Waals surface area contributed by atoms with E-state index in [1.807, 2.05) is 0 Å². The molecule has 0 amide bonds. The van der Waals surface area contributed by atoms with Gasteiger partial charge in [-0.2, -0.15) is 0 Å². The van der Waals surface area contributed by atoms with Gasteiger partial charge < -0.3 is 19.8 Å². The minimum atomic E-state index is -2.52. The van der Waals surface area contributed by atoms with Crippen LogP contribution in [0.5, 0.6) is 0 Å². The van der Waals surface area contributed by atoms with Gasteiger partial charge in [-0.1, -0.05) is 0 Å². The minimum Gasteiger partial charge on any atom is -0.545 e. The van der Waals surface area contributed by atoms with Crippen LogP contribution in [0.1, 0.15) is 20.7 Å². The fraction of sp³-hybridized carbons (Fsp3) is 0. The van der Waals surface area contributed by atoms with Crippen LogP contribution in [0.25, 0.3) is 0 Å². The van der Waals surface area contributed by atoms with Crippen LogP contribution < -0.4 is 10.2 Å². The lowest BCUT2D eigenvalue weighted by Gasteiger charge is -2.12. The lowest BCUT2D eigenvalue weighted by Crippen LogP contribution is -2.30. The Morgan fingerprint density at radius 3 is 1.00 bits per heavy atom. The predicted molar refractivity (Wildman–Crippen MR) is 34.9 cm³/mol. The van der Waals surface area contributed by atoms with Crippen LogP contribution in [-0.4, -0.2) is 11.9 Å². The first kappa shape index (κ1) is 12.0. The Balaban J connectivity index is 3.77. The number of hydrogen-bond acceptors (Lipinski definition) is 4. The van der Waals surface area contributed by atoms with E-state index in [4.69, 9.17) is 0 Å². The van der Waals surface area contributed by atoms with Crippen molar-refractivity contribution in [2.24, 2.45) is 0 Å². The van der Waals surface area contributed by atoms with Crippen molar-refractivity contribution in [1.29, 1.82) is 0 Å². The normalized spacial score (nSPS) is 10.2. The van der Waals surface area contributed by atoms with Crippen molar-refractivity contribution in [2.45, 2.75) is 0 Å². The van der Waals surface area contributed by atoms with E-state index in [-0.39, 0.29) is 0 Å². The summed E-state index contributed by atoms with van der Waals surface area (Å²) >= 11 is 0. The number of carbonyl (C=O) groups is 2. The van der Waals surface area contributed by atoms with Crippen LogP contribution in [0, 0.1) is 23.3 Å². The van der Waals surface area contributed by atoms with Gasteiger partial charge >= 0.3 is 0 Å². The highest BCUT2D eigenvalue weighted by Crippen LogP contribution is 2.23. The molecule has 0 aromatic heterocycles. The summed E-state index contributed by atoms with van der Waals surface area (Å²) < 4.78 is 51.3. The molecule has 0 fully saturated rings. The van der Waals surface area contributed by atoms with Crippen LogP contribution in [-0.2, 0) is 0 Å². The first-order valence-corrected chi connectivity index (χ1v) is 3.57. The molecule has 0 radical (unpaired) electrons. The van der Waals surface area contributed by atoms with Gasteiger partial charge in [0.2, 0.25) is 0 Å². The molecule has 16 heavy (non-hydrogen) atoms. The van der Waals surface area contributed by atoms with Gasteiger partial charge in [0.25, 0.3) is 0 Å². The molecule has 0 aliphatic rings. The van der Waals surface area contributed by atoms with Crippen LogP contribution >= 0.6 is 0 Å². The average Bonchev–Trinajstić information content (AvgIpc) is 2.14. The molecule has 1 aromatic carbocycles. The number of rotatable bonds is 2. The van der Waals surface area contributed by atoms with Crippen molar-refractivity contribution in [3.05, 3.63) is 34.4 Å². The Kier molecular flexibility index (Phi) is 2.84. The summed E-state index contributed by atoms with van der Waals surface area (Å²) in [5.74, 6) is -14.5. The topological polar surface area (TPSA) is 80.3 Å². The molecular formula is C8F4O4-2. The standard InChI is InChI=1S/C8H2F4O4/c9-3-1(7(13)14)4(10)6(12)2(5(3)11)8(15)16/h(H,13,14)(H,15,16)/p-2. The van der Waals surface area contributed by atoms with E-state index >= 15 is 0 Å². The maximum atomic E-state index is 12.8. The van der Waals surface area contributed by atoms with E-state index in [1.165, 1.54) is 0 Å². The van der Waals surface area contributed by atoms with Gasteiger partial charge in [-0.3, -0.25) is 0 Å². The number of carbonyl (C=O) groups excluding carboxylic acids is 2. The smallest absolute Gasteiger partial charge is 0.171 e. The highest BCUT2D eigenvalue weighted by atomic mass is 19.2. The van der Waals surface area contributed by atoms with Gasteiger partial charge in [-0.05, 0) is 0 Å². The van der Waals surface area contributed by atoms with Gasteiger partial charge in [0.1, 0.15) is 0 Å². The fourth-order valence-corrected chi connectivity index (χ4v) is 0.990. The van der Waals surface area contributed by atoms with Crippen molar-refractivity contribution >= 4 is 11.9 Å². The Morgan fingerprint density at radius 1 is 0.688 bits per heavy atom. The number of hydrogen-bond donors (Lipinski definition) is 0. The average molecular weight is 236 g/mol. The van der Waals surface area contributed by atoms with Gasteiger partial charge in [0.05, 0.1) is 23.1 Å². The van der Waals surface area contributed by atoms with Gasteiger partial charge in [0.15, 0.2) is 23.3 Å². The Morgan fingerprint density at radius 2 is 0.875 bits per heavy atom. The molecule has 0 aliphatic carbocycles. The molecule has 8 heteroatoms. The zero-order chi connectivity index (χ0) is 12.6. The summed E-state index contributed by atoms with van der Waals surface area (Å²) in [4.78, 5) is 20.3. The van der Waals surface area contributed by atoms with E-state index in [0.717, 1.165) is 0 Å². The van der Waals surface area contributed by atoms with E-state index < -0.39 is 46.3 Å². The molecule has 0 atom stereocenters. The van der Waals surface area contributed by atoms with E-state index in [2.05, 4.69) is 0 Å². The van der Waals surface area contributed by atoms with Crippen molar-refractivity contribution in [1.82, 2.24) is 0 Å². The van der Waals surface area contributed by atoms with E-state index in [9.17, 15) is 37.4 Å². The minimum absolute atomic E-state index is 2.01. The summed E-state index contributed by atoms with van der Waals surface area (Å²) in [6, 6.07) is 0. The number of halogens is 4. The molecule has 1 rings (SSSR count). The number of aromatic carboxylic acids is 2. The molecule has 0 unspecified atom stereocenters. The van der Waals surface area contributed by atoms with Crippen LogP contribution in [0.3, 0.4) is 0 Å². The van der Waals surface area contributed by atoms with Gasteiger partial charge in [-0.25, -0.2) is 17.6 Å². The SMILES string of the molecule is O=C([O-])c1c(F)c(F)c(C(=O)[O-])c(F)c1F. The van der Waals surface area contributed by atoms with E-state index in [0.29, 0.717) is 0 Å². The summed E-state index contributed by atoms with van der Waals surface area (Å²) in [6.07, 6.45) is 0. The monoisotopic (exact) mass is 236 g/mol. The van der Waals surface area contributed by atoms with Crippen molar-refractivity contribution < 1.29 is 37.4 Å². The highest BCUT2D eigenvalue weighted by Gasteiger charge is 2.26. The Hall–Kier alpha value is -2.12. The number of benzene rings is 1. The maximum absolute atomic E-state index is 12.8. The Bertz CT molecular complexity index is 423. The highest BCUT2D eigenvalue weighted by molar-refractivity contribution is 5.91. The molecule has 0 aliphatic heterocycles. The first-order chi connectivity index (χ1) is 7.29. The largest absolute Gasteiger partial charge is 0.545 e. The quantitative estimate of drug-likeness (QED) is 0.485. The van der Waals surface area contributed by atoms with Gasteiger partial charge in [-0.15, -0.1) is 0 Å². The second-order valence-corrected chi connectivity index (χ2v) is 2.58. The predicted octanol–water partition coefficient (Wildman–Crippen LogP) is -1.03. The third kappa shape index (κ3) is 1.58. The number of carboxylic acids is 2. The lowest BCUT2D eigenvalue weighted by atomic mass is 10.1. The van der Waals surface area contributed by atoms with E-state index in [1.54, 1.807) is 0 Å². The maximum Gasteiger partial charge on any atom is 0.171 e. The molecule has 0 spiro atoms. The molecule has 86 valence electrons. The van der Waals surface area contributed by atoms with Gasteiger partial charge in [0, 0.05) is 0 Å². The molecule has 0 heterocycles. The molecule has 0 N–H and O–H groups in total. The second kappa shape index (κ2) is 3.80. The first-order valence-electron chi connectivity index (χ1n) is 3.57. The third-order valence-electron chi connectivity index (χ3n) is 1.67. The number of carboxylic acid groups (broad SMARTS) is 2. The fourth-order valence-electron chi connectivity index (χ4n) is 0.990. The molecule has 4 nitrogen and oxygen atoms in total. The zero-order valence-corrected chi connectivity index (χ0v) is 7.14. The van der Waals surface area contributed by atoms with Crippen molar-refractivity contribution in [3.63, 3.8) is 0 Å². The lowest BCUT2D eigenvalue weighted by molar-refractivity contribution is -0.257.